The molecule has 0 saturated heterocycles. The molecular weight excluding hydrogens is 243 g/mol. The standard InChI is InChI=1S/C16H19FO2/c1-12-4-2-6-14(10-12)19-16-11-13(5-3-9-18)7-8-15(16)17/h7-8,11-12,14,18H,2,4,6,9-10H2,1H3. The van der Waals surface area contributed by atoms with Gasteiger partial charge < -0.3 is 9.84 Å². The molecular formula is C16H19FO2. The third-order valence-electron chi connectivity index (χ3n) is 3.42. The summed E-state index contributed by atoms with van der Waals surface area (Å²) in [6.45, 7) is 2.00. The number of aliphatic hydroxyl groups excluding tert-OH is 1. The van der Waals surface area contributed by atoms with Gasteiger partial charge in [-0.15, -0.1) is 0 Å². The van der Waals surface area contributed by atoms with Crippen molar-refractivity contribution >= 4 is 0 Å². The van der Waals surface area contributed by atoms with E-state index in [-0.39, 0.29) is 24.3 Å². The van der Waals surface area contributed by atoms with Gasteiger partial charge in [-0.05, 0) is 43.4 Å². The van der Waals surface area contributed by atoms with Gasteiger partial charge in [0.1, 0.15) is 6.61 Å². The molecule has 0 radical (unpaired) electrons. The third-order valence-corrected chi connectivity index (χ3v) is 3.42. The first-order valence-corrected chi connectivity index (χ1v) is 6.75. The van der Waals surface area contributed by atoms with Crippen LogP contribution in [-0.4, -0.2) is 17.8 Å². The van der Waals surface area contributed by atoms with E-state index in [0.717, 1.165) is 19.3 Å². The van der Waals surface area contributed by atoms with Gasteiger partial charge in [-0.2, -0.15) is 0 Å². The van der Waals surface area contributed by atoms with E-state index in [2.05, 4.69) is 18.8 Å². The lowest BCUT2D eigenvalue weighted by atomic mass is 9.89. The van der Waals surface area contributed by atoms with Gasteiger partial charge in [-0.3, -0.25) is 0 Å². The Bertz CT molecular complexity index is 487. The molecule has 19 heavy (non-hydrogen) atoms. The minimum atomic E-state index is -0.354. The topological polar surface area (TPSA) is 29.5 Å². The molecule has 0 amide bonds. The Kier molecular flexibility index (Phi) is 4.81. The summed E-state index contributed by atoms with van der Waals surface area (Å²) in [6.07, 6.45) is 4.42. The molecule has 1 saturated carbocycles. The fourth-order valence-electron chi connectivity index (χ4n) is 2.48. The van der Waals surface area contributed by atoms with Crippen LogP contribution in [-0.2, 0) is 0 Å². The molecule has 0 bridgehead atoms. The van der Waals surface area contributed by atoms with E-state index >= 15 is 0 Å². The Labute approximate surface area is 113 Å². The Morgan fingerprint density at radius 2 is 2.26 bits per heavy atom. The molecule has 1 N–H and O–H groups in total. The second-order valence-corrected chi connectivity index (χ2v) is 5.12. The molecule has 2 unspecified atom stereocenters. The van der Waals surface area contributed by atoms with Crippen molar-refractivity contribution in [3.05, 3.63) is 29.6 Å². The number of hydrogen-bond acceptors (Lipinski definition) is 2. The fraction of sp³-hybridized carbons (Fsp3) is 0.500. The van der Waals surface area contributed by atoms with Crippen LogP contribution >= 0.6 is 0 Å². The highest BCUT2D eigenvalue weighted by Gasteiger charge is 2.21. The van der Waals surface area contributed by atoms with E-state index in [4.69, 9.17) is 9.84 Å². The molecule has 2 rings (SSSR count). The molecule has 0 spiro atoms. The number of hydrogen-bond donors (Lipinski definition) is 1. The second-order valence-electron chi connectivity index (χ2n) is 5.12. The predicted molar refractivity (Wildman–Crippen MR) is 72.4 cm³/mol. The highest BCUT2D eigenvalue weighted by atomic mass is 19.1. The van der Waals surface area contributed by atoms with Crippen LogP contribution in [0.5, 0.6) is 5.75 Å². The number of benzene rings is 1. The molecule has 1 fully saturated rings. The van der Waals surface area contributed by atoms with Gasteiger partial charge >= 0.3 is 0 Å². The predicted octanol–water partition coefficient (Wildman–Crippen LogP) is 3.13. The van der Waals surface area contributed by atoms with Crippen molar-refractivity contribution in [2.45, 2.75) is 38.7 Å². The lowest BCUT2D eigenvalue weighted by molar-refractivity contribution is 0.124. The first-order chi connectivity index (χ1) is 9.19. The molecule has 3 heteroatoms. The van der Waals surface area contributed by atoms with Crippen molar-refractivity contribution in [1.29, 1.82) is 0 Å². The molecule has 1 aromatic carbocycles. The van der Waals surface area contributed by atoms with Crippen LogP contribution in [0.1, 0.15) is 38.2 Å². The number of rotatable bonds is 2. The summed E-state index contributed by atoms with van der Waals surface area (Å²) in [4.78, 5) is 0. The summed E-state index contributed by atoms with van der Waals surface area (Å²) in [7, 11) is 0. The van der Waals surface area contributed by atoms with Gasteiger partial charge in [0.15, 0.2) is 11.6 Å². The molecule has 102 valence electrons. The van der Waals surface area contributed by atoms with Crippen LogP contribution in [0.15, 0.2) is 18.2 Å². The summed E-state index contributed by atoms with van der Waals surface area (Å²) < 4.78 is 19.5. The average Bonchev–Trinajstić information content (AvgIpc) is 2.40. The number of halogens is 1. The summed E-state index contributed by atoms with van der Waals surface area (Å²) in [6, 6.07) is 4.56. The summed E-state index contributed by atoms with van der Waals surface area (Å²) in [5, 5.41) is 8.66. The van der Waals surface area contributed by atoms with E-state index < -0.39 is 0 Å². The average molecular weight is 262 g/mol. The SMILES string of the molecule is CC1CCCC(Oc2cc(C#CCO)ccc2F)C1. The zero-order chi connectivity index (χ0) is 13.7. The van der Waals surface area contributed by atoms with Crippen LogP contribution in [0.4, 0.5) is 4.39 Å². The third kappa shape index (κ3) is 3.97. The maximum atomic E-state index is 13.7. The van der Waals surface area contributed by atoms with Crippen molar-refractivity contribution < 1.29 is 14.2 Å². The van der Waals surface area contributed by atoms with E-state index in [0.29, 0.717) is 11.5 Å². The van der Waals surface area contributed by atoms with Crippen LogP contribution in [0.2, 0.25) is 0 Å². The van der Waals surface area contributed by atoms with Crippen molar-refractivity contribution in [1.82, 2.24) is 0 Å². The van der Waals surface area contributed by atoms with Crippen molar-refractivity contribution in [2.24, 2.45) is 5.92 Å². The Morgan fingerprint density at radius 3 is 3.00 bits per heavy atom. The minimum Gasteiger partial charge on any atom is -0.487 e. The maximum absolute atomic E-state index is 13.7. The second kappa shape index (κ2) is 6.58. The van der Waals surface area contributed by atoms with Crippen molar-refractivity contribution in [2.75, 3.05) is 6.61 Å². The Morgan fingerprint density at radius 1 is 1.42 bits per heavy atom. The summed E-state index contributed by atoms with van der Waals surface area (Å²) >= 11 is 0. The van der Waals surface area contributed by atoms with Crippen LogP contribution in [0.3, 0.4) is 0 Å². The quantitative estimate of drug-likeness (QED) is 0.830. The van der Waals surface area contributed by atoms with Gasteiger partial charge in [-0.25, -0.2) is 4.39 Å². The van der Waals surface area contributed by atoms with Gasteiger partial charge in [0.25, 0.3) is 0 Å². The number of aliphatic hydroxyl groups is 1. The fourth-order valence-corrected chi connectivity index (χ4v) is 2.48. The van der Waals surface area contributed by atoms with Gasteiger partial charge in [-0.1, -0.05) is 25.2 Å². The molecule has 0 heterocycles. The molecule has 2 atom stereocenters. The highest BCUT2D eigenvalue weighted by Crippen LogP contribution is 2.28. The minimum absolute atomic E-state index is 0.0966. The molecule has 1 aliphatic carbocycles. The van der Waals surface area contributed by atoms with E-state index in [1.807, 2.05) is 0 Å². The zero-order valence-corrected chi connectivity index (χ0v) is 11.2. The maximum Gasteiger partial charge on any atom is 0.165 e. The summed E-state index contributed by atoms with van der Waals surface area (Å²) in [5.41, 5.74) is 0.661. The van der Waals surface area contributed by atoms with Gasteiger partial charge in [0.05, 0.1) is 6.10 Å². The van der Waals surface area contributed by atoms with E-state index in [1.54, 1.807) is 12.1 Å². The monoisotopic (exact) mass is 262 g/mol. The van der Waals surface area contributed by atoms with Crippen LogP contribution in [0, 0.1) is 23.6 Å². The molecule has 0 aliphatic heterocycles. The number of ether oxygens (including phenoxy) is 1. The normalized spacial score (nSPS) is 22.5. The Hall–Kier alpha value is -1.53. The molecule has 1 aromatic rings. The van der Waals surface area contributed by atoms with Gasteiger partial charge in [0, 0.05) is 5.56 Å². The van der Waals surface area contributed by atoms with Crippen LogP contribution < -0.4 is 4.74 Å². The van der Waals surface area contributed by atoms with Crippen LogP contribution in [0.25, 0.3) is 0 Å². The molecule has 1 aliphatic rings. The first-order valence-electron chi connectivity index (χ1n) is 6.75. The smallest absolute Gasteiger partial charge is 0.165 e. The van der Waals surface area contributed by atoms with E-state index in [9.17, 15) is 4.39 Å². The first kappa shape index (κ1) is 13.9. The van der Waals surface area contributed by atoms with Gasteiger partial charge in [0.2, 0.25) is 0 Å². The Balaban J connectivity index is 2.10. The molecule has 2 nitrogen and oxygen atoms in total. The lowest BCUT2D eigenvalue weighted by Gasteiger charge is -2.27. The zero-order valence-electron chi connectivity index (χ0n) is 11.2. The largest absolute Gasteiger partial charge is 0.487 e. The highest BCUT2D eigenvalue weighted by molar-refractivity contribution is 5.40. The van der Waals surface area contributed by atoms with Crippen molar-refractivity contribution in [3.63, 3.8) is 0 Å². The lowest BCUT2D eigenvalue weighted by Crippen LogP contribution is -2.24. The van der Waals surface area contributed by atoms with Crippen molar-refractivity contribution in [3.8, 4) is 17.6 Å². The van der Waals surface area contributed by atoms with E-state index in [1.165, 1.54) is 12.5 Å². The summed E-state index contributed by atoms with van der Waals surface area (Å²) in [5.74, 6) is 5.86. The molecule has 0 aromatic heterocycles.